The van der Waals surface area contributed by atoms with Crippen molar-refractivity contribution in [3.63, 3.8) is 0 Å². The fourth-order valence-corrected chi connectivity index (χ4v) is 2.70. The predicted octanol–water partition coefficient (Wildman–Crippen LogP) is 3.37. The lowest BCUT2D eigenvalue weighted by atomic mass is 10.00. The molecule has 9 heteroatoms. The van der Waals surface area contributed by atoms with E-state index in [2.05, 4.69) is 10.1 Å². The van der Waals surface area contributed by atoms with Crippen molar-refractivity contribution >= 4 is 12.1 Å². The molecule has 1 aromatic carbocycles. The summed E-state index contributed by atoms with van der Waals surface area (Å²) in [6.07, 6.45) is -2.91. The molecule has 0 unspecified atom stereocenters. The summed E-state index contributed by atoms with van der Waals surface area (Å²) < 4.78 is 27.1. The average Bonchev–Trinajstić information content (AvgIpc) is 2.62. The number of aliphatic hydroxyl groups excluding tert-OH is 1. The van der Waals surface area contributed by atoms with E-state index in [0.717, 1.165) is 7.11 Å². The molecule has 0 aliphatic rings. The van der Waals surface area contributed by atoms with Crippen molar-refractivity contribution in [3.8, 4) is 17.2 Å². The Labute approximate surface area is 184 Å². The minimum atomic E-state index is -1.70. The smallest absolute Gasteiger partial charge is 0.408 e. The number of hydrogen-bond donors (Lipinski definition) is 2. The Morgan fingerprint density at radius 1 is 0.968 bits per heavy atom. The van der Waals surface area contributed by atoms with Crippen molar-refractivity contribution in [2.24, 2.45) is 0 Å². The Hall–Kier alpha value is -2.68. The molecule has 31 heavy (non-hydrogen) atoms. The monoisotopic (exact) mass is 441 g/mol. The second kappa shape index (κ2) is 11.1. The van der Waals surface area contributed by atoms with Gasteiger partial charge in [-0.15, -0.1) is 0 Å². The highest BCUT2D eigenvalue weighted by molar-refractivity contribution is 5.77. The third kappa shape index (κ3) is 8.16. The molecule has 1 amide bonds. The third-order valence-corrected chi connectivity index (χ3v) is 3.76. The second-order valence-electron chi connectivity index (χ2n) is 8.48. The lowest BCUT2D eigenvalue weighted by Crippen LogP contribution is -2.43. The molecule has 2 atom stereocenters. The van der Waals surface area contributed by atoms with Crippen LogP contribution in [0.3, 0.4) is 0 Å². The van der Waals surface area contributed by atoms with E-state index < -0.39 is 29.8 Å². The molecule has 0 spiro atoms. The van der Waals surface area contributed by atoms with Crippen molar-refractivity contribution in [3.05, 3.63) is 17.7 Å². The van der Waals surface area contributed by atoms with E-state index in [1.54, 1.807) is 32.9 Å². The number of benzene rings is 1. The molecule has 0 fully saturated rings. The minimum absolute atomic E-state index is 0.196. The molecule has 1 aromatic rings. The summed E-state index contributed by atoms with van der Waals surface area (Å²) in [5.74, 6) is 0.0988. The SMILES string of the molecule is COC(=O)[C@@H](O)[C@H](NC(=O)OC(C)(C)C)c1cc(OC(C)C)c(OC)c(OC(C)C)c1. The predicted molar refractivity (Wildman–Crippen MR) is 115 cm³/mol. The van der Waals surface area contributed by atoms with Crippen molar-refractivity contribution < 1.29 is 38.4 Å². The van der Waals surface area contributed by atoms with Crippen LogP contribution in [0.4, 0.5) is 4.79 Å². The summed E-state index contributed by atoms with van der Waals surface area (Å²) in [4.78, 5) is 24.5. The van der Waals surface area contributed by atoms with E-state index in [-0.39, 0.29) is 12.2 Å². The number of carbonyl (C=O) groups excluding carboxylic acids is 2. The molecule has 0 aliphatic heterocycles. The van der Waals surface area contributed by atoms with Crippen molar-refractivity contribution in [1.29, 1.82) is 0 Å². The number of aliphatic hydroxyl groups is 1. The molecule has 0 radical (unpaired) electrons. The second-order valence-corrected chi connectivity index (χ2v) is 8.48. The number of carbonyl (C=O) groups is 2. The summed E-state index contributed by atoms with van der Waals surface area (Å²) in [7, 11) is 2.62. The van der Waals surface area contributed by atoms with E-state index >= 15 is 0 Å². The van der Waals surface area contributed by atoms with Gasteiger partial charge in [0.1, 0.15) is 5.60 Å². The molecule has 0 bridgehead atoms. The first-order chi connectivity index (χ1) is 14.3. The molecule has 0 aromatic heterocycles. The summed E-state index contributed by atoms with van der Waals surface area (Å²) in [5.41, 5.74) is -0.432. The van der Waals surface area contributed by atoms with Crippen molar-refractivity contribution in [2.75, 3.05) is 14.2 Å². The first-order valence-corrected chi connectivity index (χ1v) is 10.1. The maximum absolute atomic E-state index is 12.4. The normalized spacial score (nSPS) is 13.4. The first-order valence-electron chi connectivity index (χ1n) is 10.1. The van der Waals surface area contributed by atoms with Gasteiger partial charge in [0.05, 0.1) is 32.5 Å². The Morgan fingerprint density at radius 2 is 1.45 bits per heavy atom. The van der Waals surface area contributed by atoms with Crippen LogP contribution in [0, 0.1) is 0 Å². The van der Waals surface area contributed by atoms with Crippen molar-refractivity contribution in [2.45, 2.75) is 78.4 Å². The molecule has 176 valence electrons. The van der Waals surface area contributed by atoms with Crippen molar-refractivity contribution in [1.82, 2.24) is 5.32 Å². The number of esters is 1. The number of rotatable bonds is 9. The van der Waals surface area contributed by atoms with Crippen LogP contribution in [-0.4, -0.2) is 55.3 Å². The number of methoxy groups -OCH3 is 2. The van der Waals surface area contributed by atoms with Crippen LogP contribution in [0.25, 0.3) is 0 Å². The fourth-order valence-electron chi connectivity index (χ4n) is 2.70. The van der Waals surface area contributed by atoms with Crippen LogP contribution in [0.1, 0.15) is 60.1 Å². The Morgan fingerprint density at radius 3 is 1.81 bits per heavy atom. The van der Waals surface area contributed by atoms with Crippen LogP contribution >= 0.6 is 0 Å². The van der Waals surface area contributed by atoms with Crippen LogP contribution < -0.4 is 19.5 Å². The van der Waals surface area contributed by atoms with Gasteiger partial charge in [-0.1, -0.05) is 0 Å². The average molecular weight is 442 g/mol. The molecule has 0 aliphatic carbocycles. The zero-order valence-electron chi connectivity index (χ0n) is 19.8. The third-order valence-electron chi connectivity index (χ3n) is 3.76. The standard InChI is InChI=1S/C22H35NO8/c1-12(2)29-15-10-14(11-16(19(15)27-8)30-13(3)4)17(18(24)20(25)28-9)23-21(26)31-22(5,6)7/h10-13,17-18,24H,1-9H3,(H,23,26)/t17-,18+/m1/s1. The van der Waals surface area contributed by atoms with Crippen LogP contribution in [0.5, 0.6) is 17.2 Å². The zero-order chi connectivity index (χ0) is 23.9. The van der Waals surface area contributed by atoms with E-state index in [9.17, 15) is 14.7 Å². The van der Waals surface area contributed by atoms with Gasteiger partial charge in [0, 0.05) is 0 Å². The molecule has 0 saturated carbocycles. The number of ether oxygens (including phenoxy) is 5. The highest BCUT2D eigenvalue weighted by atomic mass is 16.6. The molecule has 0 heterocycles. The van der Waals surface area contributed by atoms with Gasteiger partial charge in [-0.25, -0.2) is 9.59 Å². The molecule has 1 rings (SSSR count). The Balaban J connectivity index is 3.55. The van der Waals surface area contributed by atoms with Crippen LogP contribution in [0.2, 0.25) is 0 Å². The minimum Gasteiger partial charge on any atom is -0.490 e. The lowest BCUT2D eigenvalue weighted by Gasteiger charge is -2.27. The fraction of sp³-hybridized carbons (Fsp3) is 0.636. The van der Waals surface area contributed by atoms with E-state index in [0.29, 0.717) is 22.8 Å². The van der Waals surface area contributed by atoms with Crippen LogP contribution in [-0.2, 0) is 14.3 Å². The summed E-state index contributed by atoms with van der Waals surface area (Å²) >= 11 is 0. The van der Waals surface area contributed by atoms with Gasteiger partial charge in [-0.3, -0.25) is 0 Å². The summed E-state index contributed by atoms with van der Waals surface area (Å²) in [6.45, 7) is 12.5. The summed E-state index contributed by atoms with van der Waals surface area (Å²) in [5, 5.41) is 13.1. The van der Waals surface area contributed by atoms with Gasteiger partial charge in [-0.2, -0.15) is 0 Å². The number of hydrogen-bond acceptors (Lipinski definition) is 8. The highest BCUT2D eigenvalue weighted by Crippen LogP contribution is 2.41. The topological polar surface area (TPSA) is 113 Å². The van der Waals surface area contributed by atoms with Gasteiger partial charge in [0.2, 0.25) is 5.75 Å². The Bertz CT molecular complexity index is 723. The van der Waals surface area contributed by atoms with E-state index in [1.807, 2.05) is 27.7 Å². The van der Waals surface area contributed by atoms with Crippen LogP contribution in [0.15, 0.2) is 12.1 Å². The molecular weight excluding hydrogens is 406 g/mol. The summed E-state index contributed by atoms with van der Waals surface area (Å²) in [6, 6.07) is 1.94. The van der Waals surface area contributed by atoms with E-state index in [4.69, 9.17) is 18.9 Å². The number of nitrogens with one attached hydrogen (secondary N) is 1. The highest BCUT2D eigenvalue weighted by Gasteiger charge is 2.33. The maximum atomic E-state index is 12.4. The maximum Gasteiger partial charge on any atom is 0.408 e. The van der Waals surface area contributed by atoms with E-state index in [1.165, 1.54) is 7.11 Å². The number of alkyl carbamates (subject to hydrolysis) is 1. The van der Waals surface area contributed by atoms with Gasteiger partial charge >= 0.3 is 12.1 Å². The number of amides is 1. The zero-order valence-corrected chi connectivity index (χ0v) is 19.8. The first kappa shape index (κ1) is 26.4. The molecule has 0 saturated heterocycles. The molecule has 9 nitrogen and oxygen atoms in total. The van der Waals surface area contributed by atoms with Gasteiger partial charge in [-0.05, 0) is 66.2 Å². The molecular formula is C22H35NO8. The largest absolute Gasteiger partial charge is 0.490 e. The van der Waals surface area contributed by atoms with Gasteiger partial charge < -0.3 is 34.1 Å². The Kier molecular flexibility index (Phi) is 9.42. The molecule has 2 N–H and O–H groups in total. The quantitative estimate of drug-likeness (QED) is 0.561. The lowest BCUT2D eigenvalue weighted by molar-refractivity contribution is -0.152. The van der Waals surface area contributed by atoms with Gasteiger partial charge in [0.15, 0.2) is 17.6 Å². The van der Waals surface area contributed by atoms with Gasteiger partial charge in [0.25, 0.3) is 0 Å².